The van der Waals surface area contributed by atoms with Gasteiger partial charge in [-0.15, -0.1) is 0 Å². The molecule has 0 amide bonds. The number of ether oxygens (including phenoxy) is 1. The molecule has 1 N–H and O–H groups in total. The number of carboxylic acid groups (broad SMARTS) is 1. The second-order valence-electron chi connectivity index (χ2n) is 3.95. The molecular formula is C11H10O3. The van der Waals surface area contributed by atoms with E-state index < -0.39 is 11.6 Å². The van der Waals surface area contributed by atoms with Gasteiger partial charge in [0.25, 0.3) is 0 Å². The number of carbonyl (C=O) groups is 1. The molecule has 1 aromatic rings. The molecule has 1 heterocycles. The number of hydrogen-bond acceptors (Lipinski definition) is 2. The predicted octanol–water partition coefficient (Wildman–Crippen LogP) is 1.01. The fraction of sp³-hybridized carbons (Fsp3) is 0.364. The van der Waals surface area contributed by atoms with E-state index >= 15 is 0 Å². The van der Waals surface area contributed by atoms with E-state index in [9.17, 15) is 4.79 Å². The van der Waals surface area contributed by atoms with E-state index in [1.165, 1.54) is 5.56 Å². The molecule has 2 aliphatic rings. The number of hydrogen-bond donors (Lipinski definition) is 1. The van der Waals surface area contributed by atoms with Crippen LogP contribution in [0.1, 0.15) is 11.1 Å². The number of aliphatic carboxylic acids is 1. The number of benzene rings is 1. The van der Waals surface area contributed by atoms with E-state index in [1.54, 1.807) is 0 Å². The van der Waals surface area contributed by atoms with Crippen molar-refractivity contribution in [2.45, 2.75) is 24.5 Å². The number of fused-ring (bicyclic) bond motifs is 2. The van der Waals surface area contributed by atoms with Gasteiger partial charge in [0, 0.05) is 12.8 Å². The van der Waals surface area contributed by atoms with Crippen molar-refractivity contribution in [2.75, 3.05) is 0 Å². The smallest absolute Gasteiger partial charge is 0.339 e. The highest BCUT2D eigenvalue weighted by Gasteiger charge is 2.64. The largest absolute Gasteiger partial charge is 0.479 e. The monoisotopic (exact) mass is 190 g/mol. The first-order valence-electron chi connectivity index (χ1n) is 4.70. The molecule has 1 aliphatic heterocycles. The van der Waals surface area contributed by atoms with Crippen LogP contribution in [0.2, 0.25) is 0 Å². The minimum atomic E-state index is -0.894. The molecule has 1 fully saturated rings. The Morgan fingerprint density at radius 1 is 1.43 bits per heavy atom. The molecule has 1 saturated heterocycles. The Kier molecular flexibility index (Phi) is 1.35. The zero-order valence-electron chi connectivity index (χ0n) is 7.56. The lowest BCUT2D eigenvalue weighted by Crippen LogP contribution is -2.33. The van der Waals surface area contributed by atoms with E-state index in [2.05, 4.69) is 0 Å². The molecule has 72 valence electrons. The van der Waals surface area contributed by atoms with Crippen LogP contribution in [-0.2, 0) is 22.4 Å². The molecular weight excluding hydrogens is 180 g/mol. The highest BCUT2D eigenvalue weighted by Crippen LogP contribution is 2.46. The van der Waals surface area contributed by atoms with Gasteiger partial charge in [0.1, 0.15) is 6.10 Å². The predicted molar refractivity (Wildman–Crippen MR) is 49.1 cm³/mol. The van der Waals surface area contributed by atoms with Crippen LogP contribution in [0.3, 0.4) is 0 Å². The highest BCUT2D eigenvalue weighted by molar-refractivity contribution is 5.82. The summed E-state index contributed by atoms with van der Waals surface area (Å²) >= 11 is 0. The average molecular weight is 190 g/mol. The number of rotatable bonds is 1. The number of epoxide rings is 1. The third-order valence-electron chi connectivity index (χ3n) is 3.15. The van der Waals surface area contributed by atoms with Crippen LogP contribution in [0.4, 0.5) is 0 Å². The molecule has 1 aromatic carbocycles. The maximum atomic E-state index is 11.0. The first-order valence-corrected chi connectivity index (χ1v) is 4.70. The van der Waals surface area contributed by atoms with Gasteiger partial charge in [-0.1, -0.05) is 24.3 Å². The molecule has 0 unspecified atom stereocenters. The maximum absolute atomic E-state index is 11.0. The molecule has 1 aliphatic carbocycles. The Bertz CT molecular complexity index is 413. The normalized spacial score (nSPS) is 33.0. The van der Waals surface area contributed by atoms with Crippen LogP contribution in [0.25, 0.3) is 0 Å². The van der Waals surface area contributed by atoms with Crippen molar-refractivity contribution in [2.24, 2.45) is 0 Å². The summed E-state index contributed by atoms with van der Waals surface area (Å²) in [6.45, 7) is 0. The molecule has 3 rings (SSSR count). The van der Waals surface area contributed by atoms with Crippen molar-refractivity contribution in [3.05, 3.63) is 35.4 Å². The van der Waals surface area contributed by atoms with Crippen LogP contribution in [-0.4, -0.2) is 22.8 Å². The summed E-state index contributed by atoms with van der Waals surface area (Å²) < 4.78 is 5.31. The lowest BCUT2D eigenvalue weighted by atomic mass is 9.84. The molecule has 0 aromatic heterocycles. The molecule has 0 saturated carbocycles. The van der Waals surface area contributed by atoms with Crippen LogP contribution >= 0.6 is 0 Å². The Balaban J connectivity index is 2.01. The third-order valence-corrected chi connectivity index (χ3v) is 3.15. The van der Waals surface area contributed by atoms with Crippen LogP contribution in [0.15, 0.2) is 24.3 Å². The topological polar surface area (TPSA) is 49.8 Å². The second kappa shape index (κ2) is 2.36. The zero-order chi connectivity index (χ0) is 9.76. The minimum Gasteiger partial charge on any atom is -0.479 e. The molecule has 3 nitrogen and oxygen atoms in total. The van der Waals surface area contributed by atoms with Crippen molar-refractivity contribution < 1.29 is 14.6 Å². The van der Waals surface area contributed by atoms with Gasteiger partial charge in [-0.3, -0.25) is 0 Å². The molecule has 0 radical (unpaired) electrons. The highest BCUT2D eigenvalue weighted by atomic mass is 16.6. The molecule has 0 bridgehead atoms. The molecule has 2 atom stereocenters. The van der Waals surface area contributed by atoms with Gasteiger partial charge >= 0.3 is 5.97 Å². The fourth-order valence-corrected chi connectivity index (χ4v) is 2.26. The van der Waals surface area contributed by atoms with E-state index in [1.807, 2.05) is 24.3 Å². The van der Waals surface area contributed by atoms with Gasteiger partial charge in [0.15, 0.2) is 5.60 Å². The summed E-state index contributed by atoms with van der Waals surface area (Å²) in [4.78, 5) is 11.0. The van der Waals surface area contributed by atoms with Gasteiger partial charge in [0.05, 0.1) is 0 Å². The molecule has 0 spiro atoms. The summed E-state index contributed by atoms with van der Waals surface area (Å²) in [5.74, 6) is -0.822. The Morgan fingerprint density at radius 2 is 2.14 bits per heavy atom. The SMILES string of the molecule is O=C(O)[C@@]12Cc3ccccc3C[C@@H]1O2. The lowest BCUT2D eigenvalue weighted by molar-refractivity contribution is -0.143. The van der Waals surface area contributed by atoms with Crippen molar-refractivity contribution in [1.82, 2.24) is 0 Å². The van der Waals surface area contributed by atoms with E-state index in [-0.39, 0.29) is 6.10 Å². The quantitative estimate of drug-likeness (QED) is 0.672. The summed E-state index contributed by atoms with van der Waals surface area (Å²) in [6.07, 6.45) is 1.15. The van der Waals surface area contributed by atoms with Gasteiger partial charge in [-0.2, -0.15) is 0 Å². The van der Waals surface area contributed by atoms with Crippen LogP contribution < -0.4 is 0 Å². The minimum absolute atomic E-state index is 0.102. The van der Waals surface area contributed by atoms with E-state index in [4.69, 9.17) is 9.84 Å². The van der Waals surface area contributed by atoms with Crippen LogP contribution in [0.5, 0.6) is 0 Å². The van der Waals surface area contributed by atoms with Crippen molar-refractivity contribution in [3.8, 4) is 0 Å². The van der Waals surface area contributed by atoms with Crippen molar-refractivity contribution in [1.29, 1.82) is 0 Å². The summed E-state index contributed by atoms with van der Waals surface area (Å²) in [7, 11) is 0. The van der Waals surface area contributed by atoms with E-state index in [0.29, 0.717) is 6.42 Å². The lowest BCUT2D eigenvalue weighted by Gasteiger charge is -2.16. The van der Waals surface area contributed by atoms with Gasteiger partial charge < -0.3 is 9.84 Å². The third kappa shape index (κ3) is 0.876. The van der Waals surface area contributed by atoms with E-state index in [0.717, 1.165) is 12.0 Å². The number of carboxylic acids is 1. The fourth-order valence-electron chi connectivity index (χ4n) is 2.26. The maximum Gasteiger partial charge on any atom is 0.339 e. The standard InChI is InChI=1S/C11H10O3/c12-10(13)11-6-8-4-2-1-3-7(8)5-9(11)14-11/h1-4,9H,5-6H2,(H,12,13)/t9-,11+/m0/s1. The summed E-state index contributed by atoms with van der Waals surface area (Å²) in [6, 6.07) is 7.95. The Labute approximate surface area is 81.3 Å². The van der Waals surface area contributed by atoms with Gasteiger partial charge in [-0.25, -0.2) is 4.79 Å². The van der Waals surface area contributed by atoms with Crippen molar-refractivity contribution in [3.63, 3.8) is 0 Å². The van der Waals surface area contributed by atoms with Gasteiger partial charge in [0.2, 0.25) is 0 Å². The second-order valence-corrected chi connectivity index (χ2v) is 3.95. The zero-order valence-corrected chi connectivity index (χ0v) is 7.56. The van der Waals surface area contributed by atoms with Crippen molar-refractivity contribution >= 4 is 5.97 Å². The Morgan fingerprint density at radius 3 is 2.86 bits per heavy atom. The summed E-state index contributed by atoms with van der Waals surface area (Å²) in [5.41, 5.74) is 1.45. The Hall–Kier alpha value is -1.35. The first-order chi connectivity index (χ1) is 6.72. The average Bonchev–Trinajstić information content (AvgIpc) is 2.88. The first kappa shape index (κ1) is 8.00. The molecule has 3 heteroatoms. The van der Waals surface area contributed by atoms with Crippen LogP contribution in [0, 0.1) is 0 Å². The summed E-state index contributed by atoms with van der Waals surface area (Å²) in [5, 5.41) is 9.04. The van der Waals surface area contributed by atoms with Gasteiger partial charge in [-0.05, 0) is 11.1 Å². The molecule has 14 heavy (non-hydrogen) atoms.